The summed E-state index contributed by atoms with van der Waals surface area (Å²) in [4.78, 5) is 26.6. The highest BCUT2D eigenvalue weighted by Crippen LogP contribution is 2.25. The Bertz CT molecular complexity index is 1090. The fourth-order valence-corrected chi connectivity index (χ4v) is 2.96. The number of benzene rings is 1. The van der Waals surface area contributed by atoms with Crippen LogP contribution in [0.1, 0.15) is 22.8 Å². The van der Waals surface area contributed by atoms with Crippen molar-refractivity contribution in [3.63, 3.8) is 0 Å². The van der Waals surface area contributed by atoms with Crippen molar-refractivity contribution in [1.82, 2.24) is 25.2 Å². The summed E-state index contributed by atoms with van der Waals surface area (Å²) < 4.78 is 1.79. The number of aromatic nitrogens is 4. The Hall–Kier alpha value is -3.58. The van der Waals surface area contributed by atoms with Gasteiger partial charge >= 0.3 is 0 Å². The highest BCUT2D eigenvalue weighted by atomic mass is 16.6. The van der Waals surface area contributed by atoms with Gasteiger partial charge in [-0.2, -0.15) is 5.10 Å². The first-order valence-corrected chi connectivity index (χ1v) is 8.99. The van der Waals surface area contributed by atoms with E-state index < -0.39 is 0 Å². The molecule has 0 saturated heterocycles. The zero-order chi connectivity index (χ0) is 19.3. The number of pyridine rings is 2. The average Bonchev–Trinajstić information content (AvgIpc) is 3.15. The van der Waals surface area contributed by atoms with Crippen molar-refractivity contribution in [2.75, 3.05) is 6.61 Å². The second kappa shape index (κ2) is 7.98. The normalized spacial score (nSPS) is 10.9. The smallest absolute Gasteiger partial charge is 0.274 e. The van der Waals surface area contributed by atoms with Gasteiger partial charge in [0.2, 0.25) is 0 Å². The van der Waals surface area contributed by atoms with Gasteiger partial charge in [-0.1, -0.05) is 30.3 Å². The summed E-state index contributed by atoms with van der Waals surface area (Å²) in [6, 6.07) is 15.4. The third-order valence-electron chi connectivity index (χ3n) is 4.31. The summed E-state index contributed by atoms with van der Waals surface area (Å²) in [5.41, 5.74) is 6.25. The van der Waals surface area contributed by atoms with Gasteiger partial charge in [0.25, 0.3) is 5.91 Å². The second-order valence-corrected chi connectivity index (χ2v) is 6.18. The van der Waals surface area contributed by atoms with Crippen LogP contribution in [0, 0.1) is 0 Å². The van der Waals surface area contributed by atoms with Crippen molar-refractivity contribution >= 4 is 16.9 Å². The lowest BCUT2D eigenvalue weighted by Crippen LogP contribution is -2.24. The van der Waals surface area contributed by atoms with Gasteiger partial charge < -0.3 is 0 Å². The molecule has 0 fully saturated rings. The molecule has 7 nitrogen and oxygen atoms in total. The molecule has 4 rings (SSSR count). The second-order valence-electron chi connectivity index (χ2n) is 6.18. The van der Waals surface area contributed by atoms with Gasteiger partial charge in [-0.05, 0) is 30.7 Å². The summed E-state index contributed by atoms with van der Waals surface area (Å²) in [5, 5.41) is 5.13. The number of hydroxylamine groups is 1. The van der Waals surface area contributed by atoms with Crippen LogP contribution in [0.3, 0.4) is 0 Å². The fourth-order valence-electron chi connectivity index (χ4n) is 2.96. The minimum Gasteiger partial charge on any atom is -0.274 e. The number of hydrogen-bond acceptors (Lipinski definition) is 5. The molecule has 0 aliphatic carbocycles. The molecule has 0 saturated carbocycles. The molecule has 3 heterocycles. The number of amides is 1. The number of nitrogens with one attached hydrogen (secondary N) is 1. The number of nitrogens with zero attached hydrogens (tertiary/aromatic N) is 4. The van der Waals surface area contributed by atoms with Crippen molar-refractivity contribution in [3.05, 3.63) is 78.2 Å². The lowest BCUT2D eigenvalue weighted by Gasteiger charge is -2.09. The SMILES string of the molecule is CCONC(=O)c1cc(-c2ccccc2)nc2c1cnn2Cc1ccncc1. The Morgan fingerprint density at radius 3 is 2.68 bits per heavy atom. The Balaban J connectivity index is 1.83. The van der Waals surface area contributed by atoms with E-state index in [1.807, 2.05) is 49.4 Å². The van der Waals surface area contributed by atoms with E-state index in [2.05, 4.69) is 15.6 Å². The molecule has 0 atom stereocenters. The van der Waals surface area contributed by atoms with Crippen LogP contribution in [-0.4, -0.2) is 32.3 Å². The molecule has 3 aromatic heterocycles. The monoisotopic (exact) mass is 373 g/mol. The van der Waals surface area contributed by atoms with Gasteiger partial charge in [-0.15, -0.1) is 0 Å². The zero-order valence-corrected chi connectivity index (χ0v) is 15.4. The Kier molecular flexibility index (Phi) is 5.07. The van der Waals surface area contributed by atoms with E-state index in [-0.39, 0.29) is 5.91 Å². The standard InChI is InChI=1S/C21H19N5O2/c1-2-28-25-21(27)17-12-19(16-6-4-3-5-7-16)24-20-18(17)13-23-26(20)14-15-8-10-22-11-9-15/h3-13H,2,14H2,1H3,(H,25,27). The van der Waals surface area contributed by atoms with Crippen molar-refractivity contribution in [2.24, 2.45) is 0 Å². The number of carbonyl (C=O) groups is 1. The summed E-state index contributed by atoms with van der Waals surface area (Å²) in [6.45, 7) is 2.72. The van der Waals surface area contributed by atoms with Crippen LogP contribution in [0.5, 0.6) is 0 Å². The number of hydrogen-bond donors (Lipinski definition) is 1. The molecule has 1 N–H and O–H groups in total. The van der Waals surface area contributed by atoms with Crippen LogP contribution in [0.4, 0.5) is 0 Å². The van der Waals surface area contributed by atoms with Crippen molar-refractivity contribution in [1.29, 1.82) is 0 Å². The Labute approximate surface area is 162 Å². The average molecular weight is 373 g/mol. The van der Waals surface area contributed by atoms with E-state index in [0.717, 1.165) is 11.1 Å². The predicted octanol–water partition coefficient (Wildman–Crippen LogP) is 3.22. The van der Waals surface area contributed by atoms with Crippen LogP contribution in [0.25, 0.3) is 22.3 Å². The van der Waals surface area contributed by atoms with Crippen LogP contribution in [-0.2, 0) is 11.4 Å². The first kappa shape index (κ1) is 17.8. The van der Waals surface area contributed by atoms with Crippen LogP contribution in [0.2, 0.25) is 0 Å². The molecule has 1 amide bonds. The minimum absolute atomic E-state index is 0.324. The van der Waals surface area contributed by atoms with Crippen LogP contribution >= 0.6 is 0 Å². The van der Waals surface area contributed by atoms with Gasteiger partial charge in [-0.3, -0.25) is 14.6 Å². The third-order valence-corrected chi connectivity index (χ3v) is 4.31. The van der Waals surface area contributed by atoms with E-state index in [4.69, 9.17) is 9.82 Å². The van der Waals surface area contributed by atoms with Gasteiger partial charge in [0.05, 0.1) is 36.0 Å². The molecule has 0 unspecified atom stereocenters. The first-order chi connectivity index (χ1) is 13.8. The fraction of sp³-hybridized carbons (Fsp3) is 0.143. The van der Waals surface area contributed by atoms with Crippen molar-refractivity contribution in [3.8, 4) is 11.3 Å². The van der Waals surface area contributed by atoms with E-state index in [0.29, 0.717) is 35.4 Å². The minimum atomic E-state index is -0.324. The molecule has 0 bridgehead atoms. The maximum Gasteiger partial charge on any atom is 0.275 e. The lowest BCUT2D eigenvalue weighted by molar-refractivity contribution is 0.0366. The van der Waals surface area contributed by atoms with Crippen molar-refractivity contribution in [2.45, 2.75) is 13.5 Å². The predicted molar refractivity (Wildman–Crippen MR) is 105 cm³/mol. The molecular weight excluding hydrogens is 354 g/mol. The van der Waals surface area contributed by atoms with E-state index in [9.17, 15) is 4.79 Å². The van der Waals surface area contributed by atoms with Gasteiger partial charge in [0.15, 0.2) is 5.65 Å². The highest BCUT2D eigenvalue weighted by Gasteiger charge is 2.18. The number of rotatable bonds is 6. The molecule has 140 valence electrons. The topological polar surface area (TPSA) is 81.9 Å². The summed E-state index contributed by atoms with van der Waals surface area (Å²) in [5.74, 6) is -0.324. The zero-order valence-electron chi connectivity index (χ0n) is 15.4. The molecule has 0 aliphatic rings. The Morgan fingerprint density at radius 2 is 1.93 bits per heavy atom. The van der Waals surface area contributed by atoms with E-state index in [1.54, 1.807) is 29.3 Å². The summed E-state index contributed by atoms with van der Waals surface area (Å²) in [6.07, 6.45) is 5.15. The molecule has 4 aromatic rings. The summed E-state index contributed by atoms with van der Waals surface area (Å²) >= 11 is 0. The molecule has 0 aliphatic heterocycles. The molecular formula is C21H19N5O2. The van der Waals surface area contributed by atoms with Gasteiger partial charge in [0, 0.05) is 18.0 Å². The molecule has 0 radical (unpaired) electrons. The highest BCUT2D eigenvalue weighted by molar-refractivity contribution is 6.06. The maximum absolute atomic E-state index is 12.7. The molecule has 1 aromatic carbocycles. The third kappa shape index (κ3) is 3.60. The van der Waals surface area contributed by atoms with Gasteiger partial charge in [-0.25, -0.2) is 15.1 Å². The molecule has 7 heteroatoms. The quantitative estimate of drug-likeness (QED) is 0.525. The lowest BCUT2D eigenvalue weighted by atomic mass is 10.1. The van der Waals surface area contributed by atoms with Crippen LogP contribution < -0.4 is 5.48 Å². The number of carbonyl (C=O) groups excluding carboxylic acids is 1. The largest absolute Gasteiger partial charge is 0.275 e. The van der Waals surface area contributed by atoms with E-state index in [1.165, 1.54) is 0 Å². The van der Waals surface area contributed by atoms with Crippen LogP contribution in [0.15, 0.2) is 67.1 Å². The summed E-state index contributed by atoms with van der Waals surface area (Å²) in [7, 11) is 0. The first-order valence-electron chi connectivity index (χ1n) is 8.99. The molecule has 0 spiro atoms. The van der Waals surface area contributed by atoms with Crippen molar-refractivity contribution < 1.29 is 9.63 Å². The number of fused-ring (bicyclic) bond motifs is 1. The molecule has 28 heavy (non-hydrogen) atoms. The maximum atomic E-state index is 12.7. The van der Waals surface area contributed by atoms with E-state index >= 15 is 0 Å². The Morgan fingerprint density at radius 1 is 1.14 bits per heavy atom. The van der Waals surface area contributed by atoms with Gasteiger partial charge in [0.1, 0.15) is 0 Å².